The number of ether oxygens (including phenoxy) is 9. The lowest BCUT2D eigenvalue weighted by molar-refractivity contribution is -0.270. The molecule has 87 heavy (non-hydrogen) atoms. The highest BCUT2D eigenvalue weighted by molar-refractivity contribution is 5.77. The quantitative estimate of drug-likeness (QED) is 0.0263. The van der Waals surface area contributed by atoms with E-state index in [1.54, 1.807) is 0 Å². The number of amides is 6. The van der Waals surface area contributed by atoms with Gasteiger partial charge < -0.3 is 120 Å². The van der Waals surface area contributed by atoms with Gasteiger partial charge in [-0.2, -0.15) is 0 Å². The lowest BCUT2D eigenvalue weighted by Crippen LogP contribution is -2.64. The third kappa shape index (κ3) is 28.4. The molecule has 3 saturated heterocycles. The zero-order valence-corrected chi connectivity index (χ0v) is 51.4. The molecule has 0 aromatic heterocycles. The number of aliphatic hydroxyl groups is 9. The van der Waals surface area contributed by atoms with E-state index in [1.807, 2.05) is 13.8 Å². The Morgan fingerprint density at radius 2 is 0.701 bits per heavy atom. The molecule has 3 aliphatic rings. The predicted molar refractivity (Wildman–Crippen MR) is 307 cm³/mol. The Hall–Kier alpha value is -3.90. The number of unbranched alkanes of at least 4 members (excludes halogenated alkanes) is 9. The Morgan fingerprint density at radius 3 is 0.977 bits per heavy atom. The minimum Gasteiger partial charge on any atom is -0.394 e. The van der Waals surface area contributed by atoms with Crippen molar-refractivity contribution in [3.8, 4) is 0 Å². The third-order valence-corrected chi connectivity index (χ3v) is 15.2. The van der Waals surface area contributed by atoms with Crippen LogP contribution in [0, 0.1) is 5.92 Å². The fraction of sp³-hybridized carbons (Fsp3) is 0.895. The van der Waals surface area contributed by atoms with Gasteiger partial charge in [-0.25, -0.2) is 0 Å². The van der Waals surface area contributed by atoms with Crippen molar-refractivity contribution in [3.05, 3.63) is 0 Å². The Bertz CT molecular complexity index is 1880. The number of carbonyl (C=O) groups is 6. The molecular weight excluding hydrogens is 1150 g/mol. The van der Waals surface area contributed by atoms with Gasteiger partial charge in [0.2, 0.25) is 35.4 Å². The van der Waals surface area contributed by atoms with Crippen LogP contribution >= 0.6 is 0 Å². The molecule has 3 rings (SSSR count). The molecule has 15 atom stereocenters. The van der Waals surface area contributed by atoms with E-state index in [9.17, 15) is 74.7 Å². The second-order valence-electron chi connectivity index (χ2n) is 22.6. The maximum absolute atomic E-state index is 13.0. The molecule has 3 fully saturated rings. The van der Waals surface area contributed by atoms with Gasteiger partial charge in [0.05, 0.1) is 52.9 Å². The van der Waals surface area contributed by atoms with Crippen molar-refractivity contribution in [3.63, 3.8) is 0 Å². The van der Waals surface area contributed by atoms with Crippen molar-refractivity contribution >= 4 is 35.4 Å². The van der Waals surface area contributed by atoms with E-state index >= 15 is 0 Å². The summed E-state index contributed by atoms with van der Waals surface area (Å²) in [6.45, 7) is 8.08. The molecule has 0 radical (unpaired) electrons. The van der Waals surface area contributed by atoms with Crippen molar-refractivity contribution in [2.75, 3.05) is 92.3 Å². The Morgan fingerprint density at radius 1 is 0.414 bits per heavy atom. The molecule has 15 N–H and O–H groups in total. The van der Waals surface area contributed by atoms with Crippen molar-refractivity contribution in [2.24, 2.45) is 5.92 Å². The fourth-order valence-corrected chi connectivity index (χ4v) is 9.92. The first kappa shape index (κ1) is 77.3. The van der Waals surface area contributed by atoms with Crippen LogP contribution in [0.3, 0.4) is 0 Å². The zero-order valence-electron chi connectivity index (χ0n) is 51.4. The first-order valence-corrected chi connectivity index (χ1v) is 30.7. The van der Waals surface area contributed by atoms with Crippen LogP contribution in [0.5, 0.6) is 0 Å². The minimum atomic E-state index is -1.41. The maximum Gasteiger partial charge on any atom is 0.222 e. The third-order valence-electron chi connectivity index (χ3n) is 15.2. The summed E-state index contributed by atoms with van der Waals surface area (Å²) in [6, 6.07) is -3.07. The molecule has 0 saturated carbocycles. The smallest absolute Gasteiger partial charge is 0.222 e. The van der Waals surface area contributed by atoms with Gasteiger partial charge in [0.25, 0.3) is 0 Å². The largest absolute Gasteiger partial charge is 0.394 e. The summed E-state index contributed by atoms with van der Waals surface area (Å²) < 4.78 is 52.6. The highest BCUT2D eigenvalue weighted by Gasteiger charge is 2.48. The summed E-state index contributed by atoms with van der Waals surface area (Å²) >= 11 is 0. The average molecular weight is 1260 g/mol. The molecule has 0 spiro atoms. The molecule has 30 heteroatoms. The number of hydrogen-bond acceptors (Lipinski definition) is 24. The van der Waals surface area contributed by atoms with Crippen LogP contribution in [0.4, 0.5) is 0 Å². The molecule has 0 aromatic rings. The Balaban J connectivity index is 1.41. The molecule has 3 aliphatic heterocycles. The normalized spacial score (nSPS) is 28.1. The van der Waals surface area contributed by atoms with Crippen LogP contribution in [0.1, 0.15) is 131 Å². The van der Waals surface area contributed by atoms with E-state index in [-0.39, 0.29) is 95.8 Å². The highest BCUT2D eigenvalue weighted by Crippen LogP contribution is 2.27. The van der Waals surface area contributed by atoms with Crippen LogP contribution in [0.25, 0.3) is 0 Å². The molecule has 6 unspecified atom stereocenters. The van der Waals surface area contributed by atoms with Crippen LogP contribution < -0.4 is 31.9 Å². The van der Waals surface area contributed by atoms with Gasteiger partial charge in [0.1, 0.15) is 78.7 Å². The number of aliphatic hydroxyl groups excluding tert-OH is 9. The summed E-state index contributed by atoms with van der Waals surface area (Å²) in [4.78, 5) is 73.7. The monoisotopic (exact) mass is 1260 g/mol. The number of rotatable bonds is 45. The van der Waals surface area contributed by atoms with Gasteiger partial charge in [0, 0.05) is 79.5 Å². The van der Waals surface area contributed by atoms with Crippen molar-refractivity contribution in [1.82, 2.24) is 31.9 Å². The first-order chi connectivity index (χ1) is 41.6. The molecule has 30 nitrogen and oxygen atoms in total. The zero-order chi connectivity index (χ0) is 64.3. The summed E-state index contributed by atoms with van der Waals surface area (Å²) in [5.74, 6) is -2.22. The van der Waals surface area contributed by atoms with Gasteiger partial charge in [-0.3, -0.25) is 28.8 Å². The van der Waals surface area contributed by atoms with Gasteiger partial charge in [-0.05, 0) is 44.4 Å². The SMILES string of the molecule is CC(=O)NC1[C@H](OCCCCCCNC(=O)CCOCC(COCCC(=O)NCCCCCCO[C@@H]2OC(CO)[C@H](O)[C@H](O)C2NC(C)=O)(OCCC(=O)NCCCCCCO[C@@H]2OC(CO)[C@H](O)[C@H](O)C2NC(C)=O)C(C)C)OC(CO)[C@H](O)[C@@H]1O. The van der Waals surface area contributed by atoms with Crippen molar-refractivity contribution < 1.29 is 117 Å². The highest BCUT2D eigenvalue weighted by atomic mass is 16.7. The second-order valence-corrected chi connectivity index (χ2v) is 22.6. The predicted octanol–water partition coefficient (Wildman–Crippen LogP) is -3.49. The molecular formula is C57H104N6O24. The number of nitrogens with one attached hydrogen (secondary N) is 6. The second kappa shape index (κ2) is 43.0. The van der Waals surface area contributed by atoms with E-state index in [2.05, 4.69) is 31.9 Å². The molecule has 0 aromatic carbocycles. The standard InChI is InChI=1S/C57H104N6O24/c1-35(2)57(84-29-20-44(72)60-23-14-8-11-17-26-83-56-47(63-38(5)69)53(78)50(75)41(32-66)87-56,33-79-27-18-42(70)58-21-12-6-9-15-24-81-54-45(61-36(3)67)51(76)48(73)39(30-64)85-54)34-80-28-19-43(71)59-22-13-7-10-16-25-82-55-46(62-37(4)68)52(77)49(74)40(31-65)86-55/h35,39-41,45-56,64-66,73-78H,6-34H2,1-5H3,(H,58,70)(H,59,71)(H,60,72)(H,61,67)(H,62,68)(H,63,69)/t39?,40?,41?,45?,46?,47?,48-,49-,50-,51+,52+,53+,54+,55+,56+,57?/m0/s1. The van der Waals surface area contributed by atoms with E-state index in [1.165, 1.54) is 20.8 Å². The average Bonchev–Trinajstić information content (AvgIpc) is 1.57. The van der Waals surface area contributed by atoms with Crippen LogP contribution in [0.15, 0.2) is 0 Å². The molecule has 0 aliphatic carbocycles. The van der Waals surface area contributed by atoms with Gasteiger partial charge in [0.15, 0.2) is 18.9 Å². The lowest BCUT2D eigenvalue weighted by Gasteiger charge is -2.42. The fourth-order valence-electron chi connectivity index (χ4n) is 9.92. The molecule has 0 bridgehead atoms. The maximum atomic E-state index is 13.0. The van der Waals surface area contributed by atoms with Crippen molar-refractivity contribution in [1.29, 1.82) is 0 Å². The number of hydrogen-bond donors (Lipinski definition) is 15. The lowest BCUT2D eigenvalue weighted by atomic mass is 9.91. The van der Waals surface area contributed by atoms with Gasteiger partial charge >= 0.3 is 0 Å². The number of carbonyl (C=O) groups excluding carboxylic acids is 6. The van der Waals surface area contributed by atoms with Gasteiger partial charge in [-0.1, -0.05) is 52.4 Å². The first-order valence-electron chi connectivity index (χ1n) is 30.7. The van der Waals surface area contributed by atoms with E-state index in [4.69, 9.17) is 42.6 Å². The summed E-state index contributed by atoms with van der Waals surface area (Å²) in [5, 5.41) is 107. The molecule has 3 heterocycles. The van der Waals surface area contributed by atoms with Gasteiger partial charge in [-0.15, -0.1) is 0 Å². The Kier molecular flexibility index (Phi) is 38.2. The molecule has 506 valence electrons. The van der Waals surface area contributed by atoms with E-state index in [0.29, 0.717) is 58.2 Å². The topological polar surface area (TPSA) is 440 Å². The Labute approximate surface area is 510 Å². The van der Waals surface area contributed by atoms with Crippen LogP contribution in [0.2, 0.25) is 0 Å². The molecule has 6 amide bonds. The van der Waals surface area contributed by atoms with E-state index in [0.717, 1.165) is 38.5 Å². The summed E-state index contributed by atoms with van der Waals surface area (Å²) in [7, 11) is 0. The van der Waals surface area contributed by atoms with Crippen LogP contribution in [-0.4, -0.2) is 271 Å². The van der Waals surface area contributed by atoms with Crippen molar-refractivity contribution in [2.45, 2.75) is 228 Å². The van der Waals surface area contributed by atoms with E-state index < -0.39 is 135 Å². The van der Waals surface area contributed by atoms with Crippen LogP contribution in [-0.2, 0) is 71.4 Å². The summed E-state index contributed by atoms with van der Waals surface area (Å²) in [5.41, 5.74) is -1.06. The summed E-state index contributed by atoms with van der Waals surface area (Å²) in [6.07, 6.45) is -6.39. The minimum absolute atomic E-state index is 0.0172.